The number of hydrogen-bond acceptors (Lipinski definition) is 7. The number of carboxylic acids is 1. The number of phenolic OH excluding ortho intramolecular Hbond substituents is 2. The van der Waals surface area contributed by atoms with Crippen molar-refractivity contribution < 1.29 is 59.8 Å². The van der Waals surface area contributed by atoms with Gasteiger partial charge in [0.25, 0.3) is 0 Å². The van der Waals surface area contributed by atoms with E-state index in [-0.39, 0.29) is 52.3 Å². The third-order valence-corrected chi connectivity index (χ3v) is 4.11. The maximum absolute atomic E-state index is 11.3. The van der Waals surface area contributed by atoms with Crippen LogP contribution >= 0.6 is 0 Å². The topological polar surface area (TPSA) is 143 Å². The third kappa shape index (κ3) is 6.63. The van der Waals surface area contributed by atoms with Crippen molar-refractivity contribution in [3.63, 3.8) is 0 Å². The first-order chi connectivity index (χ1) is 13.8. The van der Waals surface area contributed by atoms with Gasteiger partial charge < -0.3 is 43.3 Å². The summed E-state index contributed by atoms with van der Waals surface area (Å²) in [6.07, 6.45) is 6.03. The molecule has 1 atom stereocenters. The summed E-state index contributed by atoms with van der Waals surface area (Å²) < 4.78 is 0. The van der Waals surface area contributed by atoms with Gasteiger partial charge in [-0.3, -0.25) is 4.99 Å². The fraction of sp³-hybridized carbons (Fsp3) is 0.0476. The van der Waals surface area contributed by atoms with Gasteiger partial charge in [0.1, 0.15) is 23.4 Å². The van der Waals surface area contributed by atoms with Crippen molar-refractivity contribution in [1.82, 2.24) is 0 Å². The fourth-order valence-electron chi connectivity index (χ4n) is 2.57. The number of aromatic hydroxyl groups is 2. The van der Waals surface area contributed by atoms with Gasteiger partial charge in [0.05, 0.1) is 16.9 Å². The summed E-state index contributed by atoms with van der Waals surface area (Å²) in [6.45, 7) is 0. The molecule has 1 unspecified atom stereocenters. The van der Waals surface area contributed by atoms with E-state index in [0.29, 0.717) is 22.5 Å². The average Bonchev–Trinajstić information content (AvgIpc) is 2.67. The Hall–Kier alpha value is -3.23. The number of aliphatic imine (C=N–C) groups is 1. The van der Waals surface area contributed by atoms with Gasteiger partial charge in [0.2, 0.25) is 0 Å². The molecule has 0 heterocycles. The van der Waals surface area contributed by atoms with E-state index in [1.165, 1.54) is 67.0 Å². The predicted molar refractivity (Wildman–Crippen MR) is 108 cm³/mol. The summed E-state index contributed by atoms with van der Waals surface area (Å²) in [5.74, 6) is -1.41. The maximum atomic E-state index is 11.3. The quantitative estimate of drug-likeness (QED) is 0.263. The van der Waals surface area contributed by atoms with Crippen LogP contribution in [0.4, 0.5) is 11.4 Å². The Bertz CT molecular complexity index is 1080. The number of anilines is 1. The first kappa shape index (κ1) is 25.8. The molecule has 1 radical (unpaired) electrons. The van der Waals surface area contributed by atoms with Crippen LogP contribution in [-0.4, -0.2) is 43.8 Å². The van der Waals surface area contributed by atoms with E-state index < -0.39 is 12.1 Å². The Morgan fingerprint density at radius 1 is 1.06 bits per heavy atom. The number of benzene rings is 2. The van der Waals surface area contributed by atoms with E-state index in [4.69, 9.17) is 0 Å². The smallest absolute Gasteiger partial charge is 1.00 e. The van der Waals surface area contributed by atoms with Crippen molar-refractivity contribution in [2.75, 3.05) is 5.32 Å². The van der Waals surface area contributed by atoms with Crippen LogP contribution in [0.15, 0.2) is 77.2 Å². The summed E-state index contributed by atoms with van der Waals surface area (Å²) in [6, 6.07) is 8.33. The molecule has 161 valence electrons. The molecule has 8 nitrogen and oxygen atoms in total. The second-order valence-corrected chi connectivity index (χ2v) is 6.20. The second-order valence-electron chi connectivity index (χ2n) is 6.20. The molecule has 10 heteroatoms. The van der Waals surface area contributed by atoms with Crippen LogP contribution in [-0.2, 0) is 17.1 Å². The summed E-state index contributed by atoms with van der Waals surface area (Å²) >= 11 is 0. The Balaban J connectivity index is 0.00000240. The zero-order valence-corrected chi connectivity index (χ0v) is 17.6. The largest absolute Gasteiger partial charge is 3.00 e. The van der Waals surface area contributed by atoms with E-state index in [1.807, 2.05) is 0 Å². The number of halogens is 1. The number of carboxylic acid groups (broad SMARTS) is 1. The number of nitrogens with one attached hydrogen (secondary N) is 1. The van der Waals surface area contributed by atoms with Gasteiger partial charge in [-0.05, 0) is 42.5 Å². The summed E-state index contributed by atoms with van der Waals surface area (Å²) in [7, 11) is 0. The minimum Gasteiger partial charge on any atom is -1.00 e. The van der Waals surface area contributed by atoms with Gasteiger partial charge >= 0.3 is 23.0 Å². The van der Waals surface area contributed by atoms with Crippen LogP contribution < -0.4 is 17.7 Å². The molecule has 2 aromatic carbocycles. The van der Waals surface area contributed by atoms with E-state index in [0.717, 1.165) is 0 Å². The Morgan fingerprint density at radius 3 is 2.45 bits per heavy atom. The van der Waals surface area contributed by atoms with Gasteiger partial charge in [-0.2, -0.15) is 0 Å². The van der Waals surface area contributed by atoms with E-state index in [9.17, 15) is 30.3 Å². The minimum absolute atomic E-state index is 0. The van der Waals surface area contributed by atoms with Gasteiger partial charge in [0.15, 0.2) is 0 Å². The first-order valence-electron chi connectivity index (χ1n) is 8.50. The third-order valence-electron chi connectivity index (χ3n) is 4.11. The van der Waals surface area contributed by atoms with Crippen molar-refractivity contribution in [2.24, 2.45) is 4.99 Å². The maximum Gasteiger partial charge on any atom is 3.00 e. The van der Waals surface area contributed by atoms with Crippen molar-refractivity contribution in [2.45, 2.75) is 6.10 Å². The van der Waals surface area contributed by atoms with Crippen LogP contribution in [0.2, 0.25) is 0 Å². The molecule has 1 aliphatic carbocycles. The Labute approximate surface area is 194 Å². The van der Waals surface area contributed by atoms with Gasteiger partial charge in [-0.1, -0.05) is 6.08 Å². The molecule has 1 aliphatic rings. The van der Waals surface area contributed by atoms with E-state index in [2.05, 4.69) is 10.3 Å². The Kier molecular flexibility index (Phi) is 9.36. The molecule has 0 saturated carbocycles. The summed E-state index contributed by atoms with van der Waals surface area (Å²) in [5.41, 5.74) is 1.59. The SMILES string of the molecule is O=C(O)c1ccc(N=Cc2ccc(O)cc2O)c(N/C=C2/C=CC(O)=CC2O)c1.[Cl-].[Fe+3]. The van der Waals surface area contributed by atoms with Gasteiger partial charge in [-0.15, -0.1) is 0 Å². The summed E-state index contributed by atoms with van der Waals surface area (Å²) in [5, 5.41) is 50.7. The van der Waals surface area contributed by atoms with Gasteiger partial charge in [-0.25, -0.2) is 4.79 Å². The number of phenols is 2. The molecule has 0 aromatic heterocycles. The van der Waals surface area contributed by atoms with Crippen LogP contribution in [0.3, 0.4) is 0 Å². The molecule has 0 bridgehead atoms. The molecule has 2 aromatic rings. The molecular weight excluding hydrogens is 468 g/mol. The van der Waals surface area contributed by atoms with Crippen molar-refractivity contribution >= 4 is 23.6 Å². The standard InChI is InChI=1S/C21H18N2O6.ClH.Fe/c24-15-4-1-13(19(26)8-15)10-22-17-6-3-12(21(28)29)7-18(17)23-11-14-2-5-16(25)9-20(14)27;;/h1-11,20,23-27H,(H,28,29);1H;/q;;+3/p-1/b14-11-,22-10?;;. The molecule has 0 aliphatic heterocycles. The molecule has 0 fully saturated rings. The zero-order valence-electron chi connectivity index (χ0n) is 15.8. The molecular formula is C21H18ClFeN2O6+2. The number of aliphatic hydroxyl groups is 2. The molecule has 0 saturated heterocycles. The van der Waals surface area contributed by atoms with Crippen LogP contribution in [0, 0.1) is 0 Å². The number of hydrogen-bond donors (Lipinski definition) is 6. The number of nitrogens with zero attached hydrogens (tertiary/aromatic N) is 1. The number of aromatic carboxylic acids is 1. The zero-order chi connectivity index (χ0) is 21.0. The van der Waals surface area contributed by atoms with E-state index in [1.54, 1.807) is 0 Å². The molecule has 0 spiro atoms. The van der Waals surface area contributed by atoms with Crippen molar-refractivity contribution in [1.29, 1.82) is 0 Å². The predicted octanol–water partition coefficient (Wildman–Crippen LogP) is 0.216. The van der Waals surface area contributed by atoms with E-state index >= 15 is 0 Å². The number of allylic oxidation sites excluding steroid dienone is 1. The Morgan fingerprint density at radius 2 is 1.81 bits per heavy atom. The van der Waals surface area contributed by atoms with Gasteiger partial charge in [0, 0.05) is 29.6 Å². The minimum atomic E-state index is -1.11. The van der Waals surface area contributed by atoms with Crippen LogP contribution in [0.5, 0.6) is 11.5 Å². The second kappa shape index (κ2) is 11.2. The molecule has 31 heavy (non-hydrogen) atoms. The average molecular weight is 486 g/mol. The molecule has 3 rings (SSSR count). The molecule has 6 N–H and O–H groups in total. The summed E-state index contributed by atoms with van der Waals surface area (Å²) in [4.78, 5) is 15.6. The molecule has 0 amide bonds. The number of aliphatic hydroxyl groups excluding tert-OH is 2. The van der Waals surface area contributed by atoms with Crippen LogP contribution in [0.25, 0.3) is 0 Å². The normalized spacial score (nSPS) is 16.4. The van der Waals surface area contributed by atoms with Crippen molar-refractivity contribution in [3.8, 4) is 11.5 Å². The van der Waals surface area contributed by atoms with Crippen molar-refractivity contribution in [3.05, 3.63) is 83.3 Å². The first-order valence-corrected chi connectivity index (χ1v) is 8.50. The monoisotopic (exact) mass is 485 g/mol. The fourth-order valence-corrected chi connectivity index (χ4v) is 2.57. The number of carbonyl (C=O) groups is 1. The number of rotatable bonds is 5. The van der Waals surface area contributed by atoms with Crippen LogP contribution in [0.1, 0.15) is 15.9 Å².